The largest absolute Gasteiger partial charge is 0.494 e. The normalized spacial score (nSPS) is 16.6. The summed E-state index contributed by atoms with van der Waals surface area (Å²) < 4.78 is 48.7. The number of rotatable bonds is 4. The highest BCUT2D eigenvalue weighted by molar-refractivity contribution is 7.87. The Labute approximate surface area is 145 Å². The Morgan fingerprint density at radius 2 is 1.84 bits per heavy atom. The van der Waals surface area contributed by atoms with Gasteiger partial charge in [0.25, 0.3) is 0 Å². The molecule has 2 aromatic rings. The van der Waals surface area contributed by atoms with Gasteiger partial charge in [-0.2, -0.15) is 8.42 Å². The van der Waals surface area contributed by atoms with Crippen LogP contribution < -0.4 is 8.92 Å². The van der Waals surface area contributed by atoms with Gasteiger partial charge in [0.1, 0.15) is 4.90 Å². The summed E-state index contributed by atoms with van der Waals surface area (Å²) in [5.74, 6) is -1.05. The monoisotopic (exact) mass is 364 g/mol. The molecule has 7 heteroatoms. The number of Topliss-reactive ketones (excluding diaryl/α,β-unsaturated/α-hetero) is 1. The molecule has 2 aromatic carbocycles. The van der Waals surface area contributed by atoms with Gasteiger partial charge in [-0.15, -0.1) is 0 Å². The number of hydrogen-bond donors (Lipinski definition) is 0. The van der Waals surface area contributed by atoms with Gasteiger partial charge < -0.3 is 8.92 Å². The molecule has 0 bridgehead atoms. The number of halogens is 1. The molecular weight excluding hydrogens is 347 g/mol. The van der Waals surface area contributed by atoms with E-state index in [-0.39, 0.29) is 28.1 Å². The molecule has 3 rings (SSSR count). The minimum atomic E-state index is -4.28. The molecule has 1 atom stereocenters. The Hall–Kier alpha value is -2.41. The Morgan fingerprint density at radius 3 is 2.48 bits per heavy atom. The zero-order valence-corrected chi connectivity index (χ0v) is 14.8. The lowest BCUT2D eigenvalue weighted by molar-refractivity contribution is 0.0989. The average molecular weight is 364 g/mol. The number of carbonyl (C=O) groups excluding carboxylic acids is 1. The molecule has 0 spiro atoms. The highest BCUT2D eigenvalue weighted by Crippen LogP contribution is 2.41. The number of fused-ring (bicyclic) bond motifs is 1. The lowest BCUT2D eigenvalue weighted by atomic mass is 9.98. The van der Waals surface area contributed by atoms with Crippen LogP contribution in [0.5, 0.6) is 11.5 Å². The van der Waals surface area contributed by atoms with Crippen molar-refractivity contribution in [3.05, 3.63) is 52.8 Å². The lowest BCUT2D eigenvalue weighted by Gasteiger charge is -2.13. The molecule has 0 fully saturated rings. The first-order valence-electron chi connectivity index (χ1n) is 7.69. The third kappa shape index (κ3) is 3.00. The zero-order valence-electron chi connectivity index (χ0n) is 14.0. The summed E-state index contributed by atoms with van der Waals surface area (Å²) in [6.45, 7) is 3.78. The van der Waals surface area contributed by atoms with E-state index in [4.69, 9.17) is 8.92 Å². The standard InChI is InChI=1S/C18H17FO5S/c1-10-4-6-16(18-14(20)8-11(2)17(10)18)24-25(21,22)12-5-7-15(23-3)13(19)9-12/h4-7,9,11H,8H2,1-3H3. The maximum atomic E-state index is 13.8. The molecule has 1 aliphatic carbocycles. The number of aryl methyl sites for hydroxylation is 1. The van der Waals surface area contributed by atoms with Gasteiger partial charge in [0.05, 0.1) is 12.7 Å². The number of carbonyl (C=O) groups is 1. The predicted octanol–water partition coefficient (Wildman–Crippen LogP) is 3.60. The van der Waals surface area contributed by atoms with Gasteiger partial charge in [0.2, 0.25) is 0 Å². The van der Waals surface area contributed by atoms with Gasteiger partial charge in [-0.05, 0) is 48.2 Å². The van der Waals surface area contributed by atoms with Crippen LogP contribution in [0.25, 0.3) is 0 Å². The molecule has 1 aliphatic rings. The van der Waals surface area contributed by atoms with Crippen LogP contribution in [0.2, 0.25) is 0 Å². The van der Waals surface area contributed by atoms with E-state index < -0.39 is 15.9 Å². The van der Waals surface area contributed by atoms with Gasteiger partial charge in [0, 0.05) is 6.42 Å². The van der Waals surface area contributed by atoms with Crippen molar-refractivity contribution in [1.82, 2.24) is 0 Å². The van der Waals surface area contributed by atoms with Gasteiger partial charge in [-0.1, -0.05) is 13.0 Å². The summed E-state index contributed by atoms with van der Waals surface area (Å²) >= 11 is 0. The average Bonchev–Trinajstić information content (AvgIpc) is 2.85. The van der Waals surface area contributed by atoms with Gasteiger partial charge in [-0.3, -0.25) is 4.79 Å². The fraction of sp³-hybridized carbons (Fsp3) is 0.278. The molecule has 0 amide bonds. The number of hydrogen-bond acceptors (Lipinski definition) is 5. The van der Waals surface area contributed by atoms with E-state index in [0.29, 0.717) is 12.0 Å². The summed E-state index contributed by atoms with van der Waals surface area (Å²) in [6.07, 6.45) is 0.313. The number of benzene rings is 2. The lowest BCUT2D eigenvalue weighted by Crippen LogP contribution is -2.12. The summed E-state index contributed by atoms with van der Waals surface area (Å²) in [7, 11) is -3.00. The Kier molecular flexibility index (Phi) is 4.28. The molecule has 0 N–H and O–H groups in total. The van der Waals surface area contributed by atoms with E-state index in [9.17, 15) is 17.6 Å². The highest BCUT2D eigenvalue weighted by atomic mass is 32.2. The molecule has 1 unspecified atom stereocenters. The topological polar surface area (TPSA) is 69.7 Å². The van der Waals surface area contributed by atoms with Crippen molar-refractivity contribution in [3.63, 3.8) is 0 Å². The molecule has 132 valence electrons. The van der Waals surface area contributed by atoms with E-state index in [1.165, 1.54) is 25.3 Å². The molecule has 5 nitrogen and oxygen atoms in total. The van der Waals surface area contributed by atoms with Crippen LogP contribution in [0.15, 0.2) is 35.2 Å². The van der Waals surface area contributed by atoms with E-state index in [1.807, 2.05) is 13.8 Å². The van der Waals surface area contributed by atoms with Crippen LogP contribution in [-0.2, 0) is 10.1 Å². The number of ketones is 1. The first kappa shape index (κ1) is 17.4. The van der Waals surface area contributed by atoms with Crippen LogP contribution in [0.1, 0.15) is 40.7 Å². The maximum Gasteiger partial charge on any atom is 0.339 e. The Bertz CT molecular complexity index is 966. The van der Waals surface area contributed by atoms with Crippen molar-refractivity contribution in [1.29, 1.82) is 0 Å². The van der Waals surface area contributed by atoms with Crippen molar-refractivity contribution in [2.24, 2.45) is 0 Å². The van der Waals surface area contributed by atoms with Crippen molar-refractivity contribution >= 4 is 15.9 Å². The summed E-state index contributed by atoms with van der Waals surface area (Å²) in [6, 6.07) is 6.40. The van der Waals surface area contributed by atoms with Crippen molar-refractivity contribution in [2.75, 3.05) is 7.11 Å². The van der Waals surface area contributed by atoms with Crippen LogP contribution in [-0.4, -0.2) is 21.3 Å². The fourth-order valence-corrected chi connectivity index (χ4v) is 4.10. The number of methoxy groups -OCH3 is 1. The third-order valence-electron chi connectivity index (χ3n) is 4.30. The third-order valence-corrected chi connectivity index (χ3v) is 5.53. The second-order valence-corrected chi connectivity index (χ2v) is 7.58. The number of ether oxygens (including phenoxy) is 1. The van der Waals surface area contributed by atoms with Crippen LogP contribution in [0.3, 0.4) is 0 Å². The molecule has 0 aromatic heterocycles. The predicted molar refractivity (Wildman–Crippen MR) is 89.3 cm³/mol. The molecule has 0 saturated heterocycles. The molecule has 0 radical (unpaired) electrons. The zero-order chi connectivity index (χ0) is 18.4. The van der Waals surface area contributed by atoms with Gasteiger partial charge >= 0.3 is 10.1 Å². The Morgan fingerprint density at radius 1 is 1.16 bits per heavy atom. The molecule has 0 aliphatic heterocycles. The van der Waals surface area contributed by atoms with Crippen LogP contribution in [0.4, 0.5) is 4.39 Å². The van der Waals surface area contributed by atoms with Gasteiger partial charge in [0.15, 0.2) is 23.1 Å². The van der Waals surface area contributed by atoms with Crippen molar-refractivity contribution in [3.8, 4) is 11.5 Å². The fourth-order valence-electron chi connectivity index (χ4n) is 3.15. The first-order valence-corrected chi connectivity index (χ1v) is 9.10. The van der Waals surface area contributed by atoms with Gasteiger partial charge in [-0.25, -0.2) is 4.39 Å². The van der Waals surface area contributed by atoms with Crippen LogP contribution >= 0.6 is 0 Å². The van der Waals surface area contributed by atoms with E-state index >= 15 is 0 Å². The summed E-state index contributed by atoms with van der Waals surface area (Å²) in [5, 5.41) is 0. The molecule has 0 heterocycles. The minimum Gasteiger partial charge on any atom is -0.494 e. The molecule has 25 heavy (non-hydrogen) atoms. The van der Waals surface area contributed by atoms with E-state index in [2.05, 4.69) is 0 Å². The minimum absolute atomic E-state index is 0.00665. The van der Waals surface area contributed by atoms with Crippen molar-refractivity contribution < 1.29 is 26.5 Å². The highest BCUT2D eigenvalue weighted by Gasteiger charge is 2.33. The maximum absolute atomic E-state index is 13.8. The SMILES string of the molecule is COc1ccc(S(=O)(=O)Oc2ccc(C)c3c2C(=O)CC3C)cc1F. The summed E-state index contributed by atoms with van der Waals surface area (Å²) in [4.78, 5) is 11.9. The van der Waals surface area contributed by atoms with Crippen LogP contribution in [0, 0.1) is 12.7 Å². The second-order valence-electron chi connectivity index (χ2n) is 6.03. The Balaban J connectivity index is 2.03. The van der Waals surface area contributed by atoms with Crippen molar-refractivity contribution in [2.45, 2.75) is 31.1 Å². The summed E-state index contributed by atoms with van der Waals surface area (Å²) in [5.41, 5.74) is 2.01. The molecular formula is C18H17FO5S. The van der Waals surface area contributed by atoms with E-state index in [0.717, 1.165) is 17.2 Å². The quantitative estimate of drug-likeness (QED) is 0.776. The molecule has 0 saturated carbocycles. The smallest absolute Gasteiger partial charge is 0.339 e. The van der Waals surface area contributed by atoms with E-state index in [1.54, 1.807) is 6.07 Å². The second kappa shape index (κ2) is 6.15. The first-order chi connectivity index (χ1) is 11.7.